The maximum absolute atomic E-state index is 13.7. The molecule has 2 aromatic rings. The summed E-state index contributed by atoms with van der Waals surface area (Å²) >= 11 is 1.07. The number of thioether (sulfide) groups is 1. The maximum Gasteiger partial charge on any atom is 0.230 e. The molecule has 2 atom stereocenters. The van der Waals surface area contributed by atoms with Crippen LogP contribution in [0.25, 0.3) is 0 Å². The van der Waals surface area contributed by atoms with Crippen LogP contribution in [0.2, 0.25) is 0 Å². The lowest BCUT2D eigenvalue weighted by Crippen LogP contribution is -3.15. The number of hydrogen-bond donors (Lipinski definition) is 2. The second-order valence-corrected chi connectivity index (χ2v) is 7.90. The van der Waals surface area contributed by atoms with Gasteiger partial charge in [-0.05, 0) is 19.1 Å². The van der Waals surface area contributed by atoms with E-state index in [-0.39, 0.29) is 28.6 Å². The average molecular weight is 408 g/mol. The minimum Gasteiger partial charge on any atom is -0.370 e. The first-order valence-corrected chi connectivity index (χ1v) is 10.4. The highest BCUT2D eigenvalue weighted by Gasteiger charge is 2.32. The molecule has 1 aliphatic heterocycles. The van der Waals surface area contributed by atoms with E-state index in [2.05, 4.69) is 17.4 Å². The summed E-state index contributed by atoms with van der Waals surface area (Å²) < 4.78 is 32.2. The van der Waals surface area contributed by atoms with Gasteiger partial charge in [0.2, 0.25) is 5.91 Å². The lowest BCUT2D eigenvalue weighted by molar-refractivity contribution is -0.940. The highest BCUT2D eigenvalue weighted by molar-refractivity contribution is 8.00. The van der Waals surface area contributed by atoms with E-state index in [0.717, 1.165) is 30.9 Å². The van der Waals surface area contributed by atoms with Crippen LogP contribution in [0.15, 0.2) is 53.4 Å². The Labute approximate surface area is 168 Å². The second kappa shape index (κ2) is 10.0. The van der Waals surface area contributed by atoms with Gasteiger partial charge >= 0.3 is 0 Å². The number of morpholine rings is 1. The van der Waals surface area contributed by atoms with Gasteiger partial charge in [0.25, 0.3) is 0 Å². The zero-order chi connectivity index (χ0) is 19.9. The summed E-state index contributed by atoms with van der Waals surface area (Å²) in [6, 6.07) is 13.5. The van der Waals surface area contributed by atoms with Gasteiger partial charge in [-0.2, -0.15) is 0 Å². The van der Waals surface area contributed by atoms with Crippen molar-refractivity contribution < 1.29 is 23.2 Å². The molecule has 7 heteroatoms. The molecule has 1 heterocycles. The minimum absolute atomic E-state index is 0.0762. The largest absolute Gasteiger partial charge is 0.370 e. The number of hydrogen-bond acceptors (Lipinski definition) is 3. The van der Waals surface area contributed by atoms with Crippen molar-refractivity contribution in [1.82, 2.24) is 5.32 Å². The molecule has 0 aliphatic carbocycles. The van der Waals surface area contributed by atoms with Gasteiger partial charge in [0.05, 0.1) is 25.0 Å². The Hall–Kier alpha value is -1.96. The van der Waals surface area contributed by atoms with E-state index in [9.17, 15) is 13.6 Å². The first kappa shape index (κ1) is 20.8. The van der Waals surface area contributed by atoms with Crippen LogP contribution < -0.4 is 10.2 Å². The van der Waals surface area contributed by atoms with Gasteiger partial charge in [-0.25, -0.2) is 8.78 Å². The molecule has 0 aromatic heterocycles. The fourth-order valence-corrected chi connectivity index (χ4v) is 4.33. The molecule has 2 N–H and O–H groups in total. The van der Waals surface area contributed by atoms with E-state index >= 15 is 0 Å². The van der Waals surface area contributed by atoms with Crippen molar-refractivity contribution in [2.45, 2.75) is 23.9 Å². The Kier molecular flexibility index (Phi) is 7.42. The van der Waals surface area contributed by atoms with Crippen LogP contribution in [0.4, 0.5) is 8.78 Å². The van der Waals surface area contributed by atoms with E-state index < -0.39 is 11.6 Å². The van der Waals surface area contributed by atoms with Gasteiger partial charge < -0.3 is 15.0 Å². The number of carbonyl (C=O) groups excluding carboxylic acids is 1. The maximum atomic E-state index is 13.7. The smallest absolute Gasteiger partial charge is 0.230 e. The monoisotopic (exact) mass is 407 g/mol. The van der Waals surface area contributed by atoms with E-state index in [1.165, 1.54) is 22.6 Å². The Morgan fingerprint density at radius 1 is 1.18 bits per heavy atom. The quantitative estimate of drug-likeness (QED) is 0.692. The number of amides is 1. The molecule has 0 unspecified atom stereocenters. The highest BCUT2D eigenvalue weighted by Crippen LogP contribution is 2.22. The number of benzene rings is 2. The normalized spacial score (nSPS) is 17.1. The minimum atomic E-state index is -0.647. The number of ether oxygens (including phenoxy) is 1. The van der Waals surface area contributed by atoms with Crippen LogP contribution in [0, 0.1) is 11.6 Å². The molecular weight excluding hydrogens is 382 g/mol. The predicted octanol–water partition coefficient (Wildman–Crippen LogP) is 2.22. The van der Waals surface area contributed by atoms with E-state index in [0.29, 0.717) is 13.2 Å². The Morgan fingerprint density at radius 2 is 1.89 bits per heavy atom. The highest BCUT2D eigenvalue weighted by atomic mass is 32.2. The number of carbonyl (C=O) groups is 1. The van der Waals surface area contributed by atoms with Crippen molar-refractivity contribution in [3.63, 3.8) is 0 Å². The van der Waals surface area contributed by atoms with E-state index in [1.807, 2.05) is 25.1 Å². The molecule has 3 rings (SSSR count). The Balaban J connectivity index is 1.63. The number of halogens is 2. The zero-order valence-electron chi connectivity index (χ0n) is 15.8. The molecule has 1 saturated heterocycles. The fraction of sp³-hybridized carbons (Fsp3) is 0.381. The second-order valence-electron chi connectivity index (χ2n) is 6.88. The summed E-state index contributed by atoms with van der Waals surface area (Å²) in [6.45, 7) is 5.18. The molecule has 0 spiro atoms. The molecular formula is C21H25F2N2O2S+. The lowest BCUT2D eigenvalue weighted by atomic mass is 9.98. The zero-order valence-corrected chi connectivity index (χ0v) is 16.6. The number of quaternary nitrogens is 1. The first-order valence-electron chi connectivity index (χ1n) is 9.39. The van der Waals surface area contributed by atoms with Crippen molar-refractivity contribution in [1.29, 1.82) is 0 Å². The van der Waals surface area contributed by atoms with Gasteiger partial charge in [-0.3, -0.25) is 4.79 Å². The van der Waals surface area contributed by atoms with E-state index in [1.54, 1.807) is 0 Å². The molecule has 150 valence electrons. The summed E-state index contributed by atoms with van der Waals surface area (Å²) in [6.07, 6.45) is 0. The molecule has 0 radical (unpaired) electrons. The average Bonchev–Trinajstić information content (AvgIpc) is 2.69. The molecule has 2 aromatic carbocycles. The Morgan fingerprint density at radius 3 is 2.57 bits per heavy atom. The van der Waals surface area contributed by atoms with Crippen LogP contribution in [0.5, 0.6) is 0 Å². The van der Waals surface area contributed by atoms with Crippen LogP contribution >= 0.6 is 11.8 Å². The van der Waals surface area contributed by atoms with E-state index in [4.69, 9.17) is 4.74 Å². The third-order valence-corrected chi connectivity index (χ3v) is 5.92. The molecule has 28 heavy (non-hydrogen) atoms. The van der Waals surface area contributed by atoms with Crippen molar-refractivity contribution in [2.75, 3.05) is 32.1 Å². The number of rotatable bonds is 7. The SMILES string of the molecule is C[C@H](NC(=O)CSc1ccc(F)cc1F)[C@H](c1ccccc1)[NH+]1CCOCC1. The standard InChI is InChI=1S/C21H24F2N2O2S/c1-15(24-20(26)14-28-19-8-7-17(22)13-18(19)23)21(16-5-3-2-4-6-16)25-9-11-27-12-10-25/h2-8,13,15,21H,9-12,14H2,1H3,(H,24,26)/p+1/t15-,21+/m0/s1. The Bertz CT molecular complexity index is 785. The third-order valence-electron chi connectivity index (χ3n) is 4.87. The topological polar surface area (TPSA) is 42.8 Å². The summed E-state index contributed by atoms with van der Waals surface area (Å²) in [5.74, 6) is -1.37. The van der Waals surface area contributed by atoms with Crippen LogP contribution in [0.1, 0.15) is 18.5 Å². The molecule has 1 aliphatic rings. The molecule has 4 nitrogen and oxygen atoms in total. The van der Waals surface area contributed by atoms with Crippen molar-refractivity contribution in [2.24, 2.45) is 0 Å². The molecule has 0 bridgehead atoms. The van der Waals surface area contributed by atoms with Gasteiger partial charge in [0, 0.05) is 16.5 Å². The lowest BCUT2D eigenvalue weighted by Gasteiger charge is -2.35. The van der Waals surface area contributed by atoms with Crippen molar-refractivity contribution in [3.8, 4) is 0 Å². The van der Waals surface area contributed by atoms with Crippen LogP contribution in [-0.4, -0.2) is 44.0 Å². The fourth-order valence-electron chi connectivity index (χ4n) is 3.60. The summed E-state index contributed by atoms with van der Waals surface area (Å²) in [4.78, 5) is 14.1. The molecule has 1 fully saturated rings. The predicted molar refractivity (Wildman–Crippen MR) is 105 cm³/mol. The molecule has 0 saturated carbocycles. The number of nitrogens with one attached hydrogen (secondary N) is 2. The third kappa shape index (κ3) is 5.53. The van der Waals surface area contributed by atoms with Crippen molar-refractivity contribution in [3.05, 3.63) is 65.7 Å². The van der Waals surface area contributed by atoms with Crippen LogP contribution in [-0.2, 0) is 9.53 Å². The van der Waals surface area contributed by atoms with Gasteiger partial charge in [0.15, 0.2) is 0 Å². The van der Waals surface area contributed by atoms with Gasteiger partial charge in [-0.15, -0.1) is 11.8 Å². The van der Waals surface area contributed by atoms with Crippen LogP contribution in [0.3, 0.4) is 0 Å². The van der Waals surface area contributed by atoms with Crippen molar-refractivity contribution >= 4 is 17.7 Å². The summed E-state index contributed by atoms with van der Waals surface area (Å²) in [5, 5.41) is 3.06. The van der Waals surface area contributed by atoms with Gasteiger partial charge in [0.1, 0.15) is 30.8 Å². The van der Waals surface area contributed by atoms with Gasteiger partial charge in [-0.1, -0.05) is 30.3 Å². The first-order chi connectivity index (χ1) is 13.5. The summed E-state index contributed by atoms with van der Waals surface area (Å²) in [5.41, 5.74) is 1.17. The molecule has 1 amide bonds. The summed E-state index contributed by atoms with van der Waals surface area (Å²) in [7, 11) is 0.